The highest BCUT2D eigenvalue weighted by Crippen LogP contribution is 2.09. The van der Waals surface area contributed by atoms with Gasteiger partial charge in [-0.15, -0.1) is 0 Å². The summed E-state index contributed by atoms with van der Waals surface area (Å²) in [6.45, 7) is 9.69. The highest BCUT2D eigenvalue weighted by Gasteiger charge is 1.85. The maximum absolute atomic E-state index is 4.97. The summed E-state index contributed by atoms with van der Waals surface area (Å²) >= 11 is 0. The smallest absolute Gasteiger partial charge is 0.118 e. The van der Waals surface area contributed by atoms with Crippen LogP contribution in [0.1, 0.15) is 25.0 Å². The van der Waals surface area contributed by atoms with E-state index >= 15 is 0 Å². The van der Waals surface area contributed by atoms with Crippen molar-refractivity contribution in [3.05, 3.63) is 72.3 Å². The number of hydrogen-bond acceptors (Lipinski definition) is 1. The molecule has 0 fully saturated rings. The Balaban J connectivity index is 0.000000303. The van der Waals surface area contributed by atoms with E-state index in [1.54, 1.807) is 7.11 Å². The summed E-state index contributed by atoms with van der Waals surface area (Å²) in [6, 6.07) is 18.0. The fraction of sp³-hybridized carbons (Fsp3) is 0.222. The van der Waals surface area contributed by atoms with E-state index in [1.807, 2.05) is 74.5 Å². The molecule has 0 bridgehead atoms. The lowest BCUT2D eigenvalue weighted by Crippen LogP contribution is -1.80. The van der Waals surface area contributed by atoms with Gasteiger partial charge >= 0.3 is 0 Å². The van der Waals surface area contributed by atoms with Crippen LogP contribution in [0, 0.1) is 6.92 Å². The van der Waals surface area contributed by atoms with E-state index in [0.717, 1.165) is 5.75 Å². The van der Waals surface area contributed by atoms with Gasteiger partial charge in [0.05, 0.1) is 7.11 Å². The molecule has 0 aliphatic carbocycles. The third-order valence-electron chi connectivity index (χ3n) is 2.29. The lowest BCUT2D eigenvalue weighted by atomic mass is 10.2. The number of ether oxygens (including phenoxy) is 1. The predicted molar refractivity (Wildman–Crippen MR) is 85.6 cm³/mol. The number of hydrogen-bond donors (Lipinski definition) is 0. The van der Waals surface area contributed by atoms with Crippen LogP contribution >= 0.6 is 0 Å². The van der Waals surface area contributed by atoms with Crippen molar-refractivity contribution in [3.8, 4) is 5.75 Å². The summed E-state index contributed by atoms with van der Waals surface area (Å²) in [7, 11) is 1.67. The number of methoxy groups -OCH3 is 1. The van der Waals surface area contributed by atoms with Crippen LogP contribution in [0.3, 0.4) is 0 Å². The second-order valence-electron chi connectivity index (χ2n) is 3.63. The predicted octanol–water partition coefficient (Wildman–Crippen LogP) is 5.36. The van der Waals surface area contributed by atoms with Crippen LogP contribution in [0.5, 0.6) is 5.75 Å². The first-order valence-corrected chi connectivity index (χ1v) is 6.54. The molecule has 1 heteroatoms. The summed E-state index contributed by atoms with van der Waals surface area (Å²) in [5.74, 6) is 0.917. The van der Waals surface area contributed by atoms with Crippen molar-refractivity contribution >= 4 is 6.08 Å². The zero-order valence-electron chi connectivity index (χ0n) is 12.4. The summed E-state index contributed by atoms with van der Waals surface area (Å²) < 4.78 is 4.97. The monoisotopic (exact) mass is 256 g/mol. The van der Waals surface area contributed by atoms with Gasteiger partial charge in [-0.05, 0) is 24.6 Å². The Bertz CT molecular complexity index is 429. The molecular formula is C18H24O. The van der Waals surface area contributed by atoms with Crippen molar-refractivity contribution < 1.29 is 4.74 Å². The topological polar surface area (TPSA) is 9.23 Å². The molecule has 0 aliphatic heterocycles. The zero-order valence-corrected chi connectivity index (χ0v) is 12.4. The number of benzene rings is 2. The summed E-state index contributed by atoms with van der Waals surface area (Å²) in [5.41, 5.74) is 2.43. The molecule has 0 saturated heterocycles. The third kappa shape index (κ3) is 7.82. The van der Waals surface area contributed by atoms with Crippen molar-refractivity contribution in [1.29, 1.82) is 0 Å². The molecule has 19 heavy (non-hydrogen) atoms. The fourth-order valence-corrected chi connectivity index (χ4v) is 1.26. The average Bonchev–Trinajstić information content (AvgIpc) is 2.51. The fourth-order valence-electron chi connectivity index (χ4n) is 1.26. The Morgan fingerprint density at radius 1 is 0.895 bits per heavy atom. The van der Waals surface area contributed by atoms with Crippen LogP contribution < -0.4 is 4.74 Å². The normalized spacial score (nSPS) is 8.21. The Morgan fingerprint density at radius 2 is 1.42 bits per heavy atom. The SMILES string of the molecule is C=Cc1ccccc1.CC.COc1ccc(C)cc1. The minimum absolute atomic E-state index is 0.917. The molecular weight excluding hydrogens is 232 g/mol. The molecule has 2 rings (SSSR count). The van der Waals surface area contributed by atoms with E-state index in [1.165, 1.54) is 11.1 Å². The minimum Gasteiger partial charge on any atom is -0.497 e. The highest BCUT2D eigenvalue weighted by molar-refractivity contribution is 5.45. The summed E-state index contributed by atoms with van der Waals surface area (Å²) in [4.78, 5) is 0. The molecule has 0 unspecified atom stereocenters. The second kappa shape index (κ2) is 11.1. The van der Waals surface area contributed by atoms with Crippen molar-refractivity contribution in [3.63, 3.8) is 0 Å². The lowest BCUT2D eigenvalue weighted by molar-refractivity contribution is 0.414. The molecule has 0 radical (unpaired) electrons. The van der Waals surface area contributed by atoms with Gasteiger partial charge in [-0.1, -0.05) is 74.5 Å². The van der Waals surface area contributed by atoms with E-state index < -0.39 is 0 Å². The first-order chi connectivity index (χ1) is 9.26. The van der Waals surface area contributed by atoms with Gasteiger partial charge in [0.2, 0.25) is 0 Å². The summed E-state index contributed by atoms with van der Waals surface area (Å²) in [6.07, 6.45) is 1.83. The molecule has 0 aromatic heterocycles. The maximum Gasteiger partial charge on any atom is 0.118 e. The molecule has 0 saturated carbocycles. The van der Waals surface area contributed by atoms with Crippen LogP contribution in [0.2, 0.25) is 0 Å². The van der Waals surface area contributed by atoms with E-state index in [9.17, 15) is 0 Å². The average molecular weight is 256 g/mol. The van der Waals surface area contributed by atoms with Crippen molar-refractivity contribution in [2.24, 2.45) is 0 Å². The first kappa shape index (κ1) is 17.0. The molecule has 1 nitrogen and oxygen atoms in total. The second-order valence-corrected chi connectivity index (χ2v) is 3.63. The maximum atomic E-state index is 4.97. The van der Waals surface area contributed by atoms with Crippen molar-refractivity contribution in [1.82, 2.24) is 0 Å². The van der Waals surface area contributed by atoms with Gasteiger partial charge in [-0.3, -0.25) is 0 Å². The Hall–Kier alpha value is -2.02. The van der Waals surface area contributed by atoms with Crippen LogP contribution in [-0.2, 0) is 0 Å². The highest BCUT2D eigenvalue weighted by atomic mass is 16.5. The Kier molecular flexibility index (Phi) is 9.91. The van der Waals surface area contributed by atoms with Gasteiger partial charge in [0.1, 0.15) is 5.75 Å². The molecule has 102 valence electrons. The molecule has 0 aliphatic rings. The summed E-state index contributed by atoms with van der Waals surface area (Å²) in [5, 5.41) is 0. The minimum atomic E-state index is 0.917. The largest absolute Gasteiger partial charge is 0.497 e. The molecule has 0 atom stereocenters. The van der Waals surface area contributed by atoms with Crippen LogP contribution in [0.25, 0.3) is 6.08 Å². The van der Waals surface area contributed by atoms with Gasteiger partial charge in [0.15, 0.2) is 0 Å². The van der Waals surface area contributed by atoms with Gasteiger partial charge in [0.25, 0.3) is 0 Å². The van der Waals surface area contributed by atoms with Crippen LogP contribution in [0.15, 0.2) is 61.2 Å². The van der Waals surface area contributed by atoms with Gasteiger partial charge in [-0.25, -0.2) is 0 Å². The van der Waals surface area contributed by atoms with Crippen molar-refractivity contribution in [2.75, 3.05) is 7.11 Å². The molecule has 0 spiro atoms. The molecule has 0 amide bonds. The van der Waals surface area contributed by atoms with Gasteiger partial charge in [0, 0.05) is 0 Å². The van der Waals surface area contributed by atoms with E-state index in [2.05, 4.69) is 13.5 Å². The molecule has 0 N–H and O–H groups in total. The molecule has 0 heterocycles. The van der Waals surface area contributed by atoms with Crippen molar-refractivity contribution in [2.45, 2.75) is 20.8 Å². The molecule has 2 aromatic carbocycles. The van der Waals surface area contributed by atoms with Crippen LogP contribution in [-0.4, -0.2) is 7.11 Å². The zero-order chi connectivity index (χ0) is 14.5. The van der Waals surface area contributed by atoms with E-state index in [-0.39, 0.29) is 0 Å². The number of rotatable bonds is 2. The third-order valence-corrected chi connectivity index (χ3v) is 2.29. The standard InChI is InChI=1S/C8H10O.C8H8.C2H6/c1-7-3-5-8(9-2)6-4-7;1-2-8-6-4-3-5-7-8;1-2/h3-6H,1-2H3;2-7H,1H2;1-2H3. The Morgan fingerprint density at radius 3 is 1.79 bits per heavy atom. The lowest BCUT2D eigenvalue weighted by Gasteiger charge is -1.97. The van der Waals surface area contributed by atoms with E-state index in [0.29, 0.717) is 0 Å². The van der Waals surface area contributed by atoms with Crippen LogP contribution in [0.4, 0.5) is 0 Å². The quantitative estimate of drug-likeness (QED) is 0.703. The van der Waals surface area contributed by atoms with E-state index in [4.69, 9.17) is 4.74 Å². The first-order valence-electron chi connectivity index (χ1n) is 6.54. The van der Waals surface area contributed by atoms with Gasteiger partial charge < -0.3 is 4.74 Å². The number of aryl methyl sites for hydroxylation is 1. The molecule has 2 aromatic rings. The Labute approximate surface area is 117 Å². The van der Waals surface area contributed by atoms with Gasteiger partial charge in [-0.2, -0.15) is 0 Å².